The van der Waals surface area contributed by atoms with Crippen molar-refractivity contribution in [1.29, 1.82) is 0 Å². The number of nitrogens with one attached hydrogen (secondary N) is 2. The molecule has 1 heterocycles. The minimum atomic E-state index is -0.652. The molecule has 28 heavy (non-hydrogen) atoms. The number of aromatic nitrogens is 2. The molecule has 2 aromatic rings. The Labute approximate surface area is 181 Å². The van der Waals surface area contributed by atoms with Crippen molar-refractivity contribution in [1.82, 2.24) is 15.5 Å². The Morgan fingerprint density at radius 3 is 2.68 bits per heavy atom. The molecule has 0 bridgehead atoms. The summed E-state index contributed by atoms with van der Waals surface area (Å²) in [5, 5.41) is 22.9. The van der Waals surface area contributed by atoms with Crippen LogP contribution < -0.4 is 21.3 Å². The Bertz CT molecular complexity index is 734. The summed E-state index contributed by atoms with van der Waals surface area (Å²) in [4.78, 5) is 0. The van der Waals surface area contributed by atoms with Gasteiger partial charge in [0.15, 0.2) is 5.82 Å². The van der Waals surface area contributed by atoms with Crippen molar-refractivity contribution < 1.29 is 9.84 Å². The standard InChI is InChI=1S/C18H26ClN5O2S.ClH/c1-12-4-5-14(19)15(8-12)26-10-13(25)9-21-18(2,3)11-27-17-7-6-16(22-20)23-24-17;/h4-8,13,21,25H,9-11,20H2,1-3H3,(H,22,23);1H. The van der Waals surface area contributed by atoms with Crippen LogP contribution in [0.15, 0.2) is 35.4 Å². The smallest absolute Gasteiger partial charge is 0.162 e. The molecule has 0 aliphatic carbocycles. The van der Waals surface area contributed by atoms with Crippen LogP contribution in [0, 0.1) is 6.92 Å². The second kappa shape index (κ2) is 11.6. The molecule has 0 saturated carbocycles. The molecule has 0 saturated heterocycles. The second-order valence-corrected chi connectivity index (χ2v) is 8.26. The maximum absolute atomic E-state index is 10.2. The lowest BCUT2D eigenvalue weighted by Crippen LogP contribution is -2.46. The lowest BCUT2D eigenvalue weighted by atomic mass is 10.1. The molecule has 0 spiro atoms. The first kappa shape index (κ1) is 24.7. The molecule has 0 amide bonds. The molecule has 1 aromatic carbocycles. The van der Waals surface area contributed by atoms with Crippen LogP contribution >= 0.6 is 35.8 Å². The zero-order chi connectivity index (χ0) is 19.9. The van der Waals surface area contributed by atoms with E-state index in [1.165, 1.54) is 0 Å². The highest BCUT2D eigenvalue weighted by Crippen LogP contribution is 2.25. The fraction of sp³-hybridized carbons (Fsp3) is 0.444. The number of benzene rings is 1. The van der Waals surface area contributed by atoms with Crippen molar-refractivity contribution in [3.8, 4) is 5.75 Å². The molecule has 0 aliphatic rings. The van der Waals surface area contributed by atoms with Crippen molar-refractivity contribution >= 4 is 41.6 Å². The molecule has 0 fully saturated rings. The van der Waals surface area contributed by atoms with Gasteiger partial charge < -0.3 is 20.6 Å². The lowest BCUT2D eigenvalue weighted by Gasteiger charge is -2.27. The number of ether oxygens (including phenoxy) is 1. The van der Waals surface area contributed by atoms with Crippen LogP contribution in [0.2, 0.25) is 5.02 Å². The Morgan fingerprint density at radius 2 is 2.04 bits per heavy atom. The number of β-amino-alcohol motifs (C(OH)–C–C–N with tert-alkyl or cyclic N) is 1. The van der Waals surface area contributed by atoms with E-state index in [0.29, 0.717) is 23.1 Å². The average molecular weight is 448 g/mol. The van der Waals surface area contributed by atoms with E-state index in [1.807, 2.05) is 25.1 Å². The summed E-state index contributed by atoms with van der Waals surface area (Å²) in [5.41, 5.74) is 3.29. The van der Waals surface area contributed by atoms with Gasteiger partial charge in [-0.15, -0.1) is 34.4 Å². The molecule has 10 heteroatoms. The van der Waals surface area contributed by atoms with Gasteiger partial charge in [-0.25, -0.2) is 5.84 Å². The topological polar surface area (TPSA) is 105 Å². The highest BCUT2D eigenvalue weighted by Gasteiger charge is 2.20. The molecule has 7 nitrogen and oxygen atoms in total. The van der Waals surface area contributed by atoms with Crippen molar-refractivity contribution in [3.05, 3.63) is 40.9 Å². The van der Waals surface area contributed by atoms with Gasteiger partial charge in [0.1, 0.15) is 23.5 Å². The van der Waals surface area contributed by atoms with E-state index in [4.69, 9.17) is 22.2 Å². The van der Waals surface area contributed by atoms with E-state index in [-0.39, 0.29) is 24.6 Å². The summed E-state index contributed by atoms with van der Waals surface area (Å²) in [6.07, 6.45) is -0.652. The van der Waals surface area contributed by atoms with E-state index in [1.54, 1.807) is 23.9 Å². The summed E-state index contributed by atoms with van der Waals surface area (Å²) < 4.78 is 5.63. The number of anilines is 1. The van der Waals surface area contributed by atoms with E-state index in [0.717, 1.165) is 16.3 Å². The van der Waals surface area contributed by atoms with Gasteiger partial charge in [-0.05, 0) is 50.6 Å². The van der Waals surface area contributed by atoms with E-state index < -0.39 is 6.10 Å². The fourth-order valence-corrected chi connectivity index (χ4v) is 3.19. The zero-order valence-electron chi connectivity index (χ0n) is 16.1. The summed E-state index contributed by atoms with van der Waals surface area (Å²) in [6.45, 7) is 6.66. The normalized spacial score (nSPS) is 12.2. The Kier molecular flexibility index (Phi) is 10.3. The molecular formula is C18H27Cl2N5O2S. The number of hydrogen-bond acceptors (Lipinski definition) is 8. The molecule has 0 aliphatic heterocycles. The molecule has 156 valence electrons. The summed E-state index contributed by atoms with van der Waals surface area (Å²) >= 11 is 7.68. The average Bonchev–Trinajstić information content (AvgIpc) is 2.66. The van der Waals surface area contributed by atoms with Crippen LogP contribution in [-0.4, -0.2) is 45.9 Å². The van der Waals surface area contributed by atoms with Crippen LogP contribution in [0.25, 0.3) is 0 Å². The van der Waals surface area contributed by atoms with Gasteiger partial charge in [-0.3, -0.25) is 0 Å². The summed E-state index contributed by atoms with van der Waals surface area (Å²) in [6, 6.07) is 9.19. The number of halogens is 2. The van der Waals surface area contributed by atoms with E-state index >= 15 is 0 Å². The van der Waals surface area contributed by atoms with Crippen molar-refractivity contribution in [2.45, 2.75) is 37.4 Å². The Balaban J connectivity index is 0.00000392. The van der Waals surface area contributed by atoms with E-state index in [2.05, 4.69) is 34.8 Å². The van der Waals surface area contributed by atoms with Gasteiger partial charge in [0.25, 0.3) is 0 Å². The zero-order valence-corrected chi connectivity index (χ0v) is 18.5. The first-order chi connectivity index (χ1) is 12.8. The van der Waals surface area contributed by atoms with Gasteiger partial charge in [0.05, 0.1) is 5.02 Å². The maximum atomic E-state index is 10.2. The number of aliphatic hydroxyl groups excluding tert-OH is 1. The van der Waals surface area contributed by atoms with Crippen LogP contribution in [0.4, 0.5) is 5.82 Å². The minimum Gasteiger partial charge on any atom is -0.489 e. The number of nitrogens with two attached hydrogens (primary N) is 1. The number of aliphatic hydroxyl groups is 1. The fourth-order valence-electron chi connectivity index (χ4n) is 2.14. The van der Waals surface area contributed by atoms with Crippen LogP contribution in [0.1, 0.15) is 19.4 Å². The van der Waals surface area contributed by atoms with Gasteiger partial charge in [0.2, 0.25) is 0 Å². The van der Waals surface area contributed by atoms with Gasteiger partial charge in [-0.2, -0.15) is 0 Å². The molecular weight excluding hydrogens is 421 g/mol. The number of hydrazine groups is 1. The second-order valence-electron chi connectivity index (χ2n) is 6.85. The molecule has 1 atom stereocenters. The lowest BCUT2D eigenvalue weighted by molar-refractivity contribution is 0.100. The largest absolute Gasteiger partial charge is 0.489 e. The number of nitrogens with zero attached hydrogens (tertiary/aromatic N) is 2. The van der Waals surface area contributed by atoms with Crippen molar-refractivity contribution in [2.75, 3.05) is 24.3 Å². The third kappa shape index (κ3) is 8.38. The quantitative estimate of drug-likeness (QED) is 0.250. The summed E-state index contributed by atoms with van der Waals surface area (Å²) in [7, 11) is 0. The van der Waals surface area contributed by atoms with Crippen LogP contribution in [-0.2, 0) is 0 Å². The first-order valence-electron chi connectivity index (χ1n) is 8.54. The molecule has 5 N–H and O–H groups in total. The van der Waals surface area contributed by atoms with Crippen LogP contribution in [0.3, 0.4) is 0 Å². The highest BCUT2D eigenvalue weighted by atomic mass is 35.5. The highest BCUT2D eigenvalue weighted by molar-refractivity contribution is 7.99. The first-order valence-corrected chi connectivity index (χ1v) is 9.90. The molecule has 1 unspecified atom stereocenters. The van der Waals surface area contributed by atoms with E-state index in [9.17, 15) is 5.11 Å². The SMILES string of the molecule is Cc1ccc(Cl)c(OCC(O)CNC(C)(C)CSc2ccc(NN)nn2)c1.Cl. The summed E-state index contributed by atoms with van der Waals surface area (Å²) in [5.74, 6) is 7.14. The van der Waals surface area contributed by atoms with Crippen LogP contribution in [0.5, 0.6) is 5.75 Å². The molecule has 2 rings (SSSR count). The predicted molar refractivity (Wildman–Crippen MR) is 118 cm³/mol. The van der Waals surface area contributed by atoms with Crippen molar-refractivity contribution in [2.24, 2.45) is 5.84 Å². The monoisotopic (exact) mass is 447 g/mol. The molecule has 0 radical (unpaired) electrons. The number of aryl methyl sites for hydroxylation is 1. The Hall–Kier alpha value is -1.29. The number of hydrogen-bond donors (Lipinski definition) is 4. The van der Waals surface area contributed by atoms with Gasteiger partial charge in [0, 0.05) is 17.8 Å². The third-order valence-electron chi connectivity index (χ3n) is 3.70. The number of thioether (sulfide) groups is 1. The molecule has 1 aromatic heterocycles. The van der Waals surface area contributed by atoms with Gasteiger partial charge >= 0.3 is 0 Å². The van der Waals surface area contributed by atoms with Crippen molar-refractivity contribution in [3.63, 3.8) is 0 Å². The number of nitrogen functional groups attached to an aromatic ring is 1. The minimum absolute atomic E-state index is 0. The predicted octanol–water partition coefficient (Wildman–Crippen LogP) is 3.05. The maximum Gasteiger partial charge on any atom is 0.162 e. The third-order valence-corrected chi connectivity index (χ3v) is 5.39. The van der Waals surface area contributed by atoms with Gasteiger partial charge in [-0.1, -0.05) is 17.7 Å². The Morgan fingerprint density at radius 1 is 1.29 bits per heavy atom. The number of rotatable bonds is 10.